The van der Waals surface area contributed by atoms with Crippen LogP contribution in [0.2, 0.25) is 0 Å². The number of benzene rings is 1. The van der Waals surface area contributed by atoms with Crippen LogP contribution in [0.5, 0.6) is 0 Å². The lowest BCUT2D eigenvalue weighted by Crippen LogP contribution is -2.23. The highest BCUT2D eigenvalue weighted by Gasteiger charge is 2.12. The van der Waals surface area contributed by atoms with Crippen molar-refractivity contribution in [1.82, 2.24) is 15.1 Å². The van der Waals surface area contributed by atoms with E-state index in [0.29, 0.717) is 6.54 Å². The van der Waals surface area contributed by atoms with Crippen molar-refractivity contribution in [2.75, 3.05) is 0 Å². The molecule has 0 bridgehead atoms. The topological polar surface area (TPSA) is 90.1 Å². The summed E-state index contributed by atoms with van der Waals surface area (Å²) in [4.78, 5) is 22.1. The molecule has 0 fully saturated rings. The fraction of sp³-hybridized carbons (Fsp3) is 0.231. The van der Waals surface area contributed by atoms with E-state index in [-0.39, 0.29) is 17.2 Å². The number of nitrogens with zero attached hydrogens (tertiary/aromatic N) is 3. The van der Waals surface area contributed by atoms with Crippen LogP contribution in [0.1, 0.15) is 21.6 Å². The summed E-state index contributed by atoms with van der Waals surface area (Å²) in [6.45, 7) is 2.19. The van der Waals surface area contributed by atoms with Gasteiger partial charge in [-0.3, -0.25) is 19.6 Å². The molecule has 2 aromatic rings. The van der Waals surface area contributed by atoms with Gasteiger partial charge in [0.15, 0.2) is 0 Å². The number of hydrogen-bond donors (Lipinski definition) is 1. The Balaban J connectivity index is 2.07. The molecule has 104 valence electrons. The summed E-state index contributed by atoms with van der Waals surface area (Å²) >= 11 is 0. The van der Waals surface area contributed by atoms with Crippen molar-refractivity contribution in [2.45, 2.75) is 13.5 Å². The first-order chi connectivity index (χ1) is 9.47. The quantitative estimate of drug-likeness (QED) is 0.676. The van der Waals surface area contributed by atoms with E-state index in [0.717, 1.165) is 11.3 Å². The van der Waals surface area contributed by atoms with Crippen LogP contribution in [0.3, 0.4) is 0 Å². The fourth-order valence-corrected chi connectivity index (χ4v) is 1.86. The first-order valence-electron chi connectivity index (χ1n) is 5.99. The molecule has 1 aromatic carbocycles. The predicted octanol–water partition coefficient (Wildman–Crippen LogP) is 1.57. The number of hydrogen-bond acceptors (Lipinski definition) is 4. The van der Waals surface area contributed by atoms with Crippen LogP contribution < -0.4 is 5.32 Å². The van der Waals surface area contributed by atoms with Crippen LogP contribution in [-0.4, -0.2) is 20.6 Å². The second-order valence-electron chi connectivity index (χ2n) is 4.40. The van der Waals surface area contributed by atoms with Crippen LogP contribution in [0, 0.1) is 17.0 Å². The van der Waals surface area contributed by atoms with Gasteiger partial charge in [-0.25, -0.2) is 0 Å². The molecule has 0 unspecified atom stereocenters. The van der Waals surface area contributed by atoms with Gasteiger partial charge < -0.3 is 5.32 Å². The molecule has 20 heavy (non-hydrogen) atoms. The van der Waals surface area contributed by atoms with E-state index in [4.69, 9.17) is 0 Å². The zero-order valence-corrected chi connectivity index (χ0v) is 11.2. The first-order valence-corrected chi connectivity index (χ1v) is 5.99. The van der Waals surface area contributed by atoms with Crippen molar-refractivity contribution in [3.05, 3.63) is 57.4 Å². The number of aryl methyl sites for hydroxylation is 2. The Morgan fingerprint density at radius 3 is 2.85 bits per heavy atom. The number of non-ortho nitro benzene ring substituents is 1. The summed E-state index contributed by atoms with van der Waals surface area (Å²) in [6, 6.07) is 5.63. The molecule has 0 saturated carbocycles. The monoisotopic (exact) mass is 274 g/mol. The van der Waals surface area contributed by atoms with Gasteiger partial charge in [0.2, 0.25) is 0 Å². The summed E-state index contributed by atoms with van der Waals surface area (Å²) in [6.07, 6.45) is 1.82. The van der Waals surface area contributed by atoms with Gasteiger partial charge in [-0.1, -0.05) is 6.07 Å². The molecule has 7 nitrogen and oxygen atoms in total. The molecule has 0 atom stereocenters. The van der Waals surface area contributed by atoms with Gasteiger partial charge in [-0.2, -0.15) is 5.10 Å². The van der Waals surface area contributed by atoms with E-state index < -0.39 is 4.92 Å². The van der Waals surface area contributed by atoms with Crippen LogP contribution in [-0.2, 0) is 13.6 Å². The number of rotatable bonds is 4. The van der Waals surface area contributed by atoms with Gasteiger partial charge in [-0.05, 0) is 13.0 Å². The molecule has 2 rings (SSSR count). The lowest BCUT2D eigenvalue weighted by molar-refractivity contribution is -0.384. The highest BCUT2D eigenvalue weighted by atomic mass is 16.6. The van der Waals surface area contributed by atoms with Gasteiger partial charge in [0, 0.05) is 43.0 Å². The average Bonchev–Trinajstić information content (AvgIpc) is 2.74. The summed E-state index contributed by atoms with van der Waals surface area (Å²) in [5.41, 5.74) is 1.91. The zero-order valence-electron chi connectivity index (χ0n) is 11.2. The molecule has 0 saturated heterocycles. The van der Waals surface area contributed by atoms with E-state index >= 15 is 0 Å². The Kier molecular flexibility index (Phi) is 3.79. The summed E-state index contributed by atoms with van der Waals surface area (Å²) in [7, 11) is 1.80. The maximum Gasteiger partial charge on any atom is 0.270 e. The zero-order chi connectivity index (χ0) is 14.7. The smallest absolute Gasteiger partial charge is 0.270 e. The third-order valence-electron chi connectivity index (χ3n) is 2.87. The molecule has 0 aliphatic carbocycles. The van der Waals surface area contributed by atoms with E-state index in [2.05, 4.69) is 10.4 Å². The first kappa shape index (κ1) is 13.7. The highest BCUT2D eigenvalue weighted by Crippen LogP contribution is 2.13. The van der Waals surface area contributed by atoms with Crippen molar-refractivity contribution >= 4 is 11.6 Å². The fourth-order valence-electron chi connectivity index (χ4n) is 1.86. The second-order valence-corrected chi connectivity index (χ2v) is 4.40. The predicted molar refractivity (Wildman–Crippen MR) is 72.2 cm³/mol. The summed E-state index contributed by atoms with van der Waals surface area (Å²) in [5.74, 6) is -0.350. The molecular weight excluding hydrogens is 260 g/mol. The number of nitro groups is 1. The van der Waals surface area contributed by atoms with Crippen LogP contribution in [0.15, 0.2) is 30.5 Å². The maximum absolute atomic E-state index is 11.9. The lowest BCUT2D eigenvalue weighted by Gasteiger charge is -2.04. The van der Waals surface area contributed by atoms with E-state index in [1.54, 1.807) is 17.8 Å². The normalized spacial score (nSPS) is 10.3. The number of aromatic nitrogens is 2. The third kappa shape index (κ3) is 3.00. The van der Waals surface area contributed by atoms with Crippen molar-refractivity contribution < 1.29 is 9.72 Å². The Morgan fingerprint density at radius 2 is 2.25 bits per heavy atom. The summed E-state index contributed by atoms with van der Waals surface area (Å²) in [5, 5.41) is 17.6. The second kappa shape index (κ2) is 5.52. The standard InChI is InChI=1S/C13H14N4O3/c1-9-11(8-16(2)15-9)7-14-13(18)10-4-3-5-12(6-10)17(19)20/h3-6,8H,7H2,1-2H3,(H,14,18). The van der Waals surface area contributed by atoms with Gasteiger partial charge in [-0.15, -0.1) is 0 Å². The van der Waals surface area contributed by atoms with E-state index in [1.807, 2.05) is 13.1 Å². The molecule has 0 aliphatic heterocycles. The van der Waals surface area contributed by atoms with Gasteiger partial charge in [0.1, 0.15) is 0 Å². The van der Waals surface area contributed by atoms with Crippen molar-refractivity contribution in [3.63, 3.8) is 0 Å². The van der Waals surface area contributed by atoms with Crippen LogP contribution in [0.4, 0.5) is 5.69 Å². The third-order valence-corrected chi connectivity index (χ3v) is 2.87. The Morgan fingerprint density at radius 1 is 1.50 bits per heavy atom. The number of carbonyl (C=O) groups is 1. The largest absolute Gasteiger partial charge is 0.348 e. The Hall–Kier alpha value is -2.70. The molecule has 1 heterocycles. The molecule has 0 aliphatic rings. The van der Waals surface area contributed by atoms with Gasteiger partial charge in [0.25, 0.3) is 11.6 Å². The SMILES string of the molecule is Cc1nn(C)cc1CNC(=O)c1cccc([N+](=O)[O-])c1. The molecule has 1 N–H and O–H groups in total. The lowest BCUT2D eigenvalue weighted by atomic mass is 10.2. The molecule has 0 spiro atoms. The van der Waals surface area contributed by atoms with Gasteiger partial charge >= 0.3 is 0 Å². The van der Waals surface area contributed by atoms with Crippen molar-refractivity contribution in [3.8, 4) is 0 Å². The number of nitro benzene ring substituents is 1. The molecular formula is C13H14N4O3. The molecule has 7 heteroatoms. The Labute approximate surface area is 115 Å². The minimum Gasteiger partial charge on any atom is -0.348 e. The van der Waals surface area contributed by atoms with Crippen molar-refractivity contribution in [2.24, 2.45) is 7.05 Å². The average molecular weight is 274 g/mol. The van der Waals surface area contributed by atoms with Crippen molar-refractivity contribution in [1.29, 1.82) is 0 Å². The van der Waals surface area contributed by atoms with Gasteiger partial charge in [0.05, 0.1) is 10.6 Å². The maximum atomic E-state index is 11.9. The van der Waals surface area contributed by atoms with Crippen LogP contribution >= 0.6 is 0 Å². The number of amides is 1. The molecule has 1 amide bonds. The molecule has 1 aromatic heterocycles. The Bertz CT molecular complexity index is 663. The number of nitrogens with one attached hydrogen (secondary N) is 1. The molecule has 0 radical (unpaired) electrons. The van der Waals surface area contributed by atoms with Crippen LogP contribution in [0.25, 0.3) is 0 Å². The highest BCUT2D eigenvalue weighted by molar-refractivity contribution is 5.94. The minimum absolute atomic E-state index is 0.102. The van der Waals surface area contributed by atoms with E-state index in [1.165, 1.54) is 18.2 Å². The minimum atomic E-state index is -0.526. The summed E-state index contributed by atoms with van der Waals surface area (Å²) < 4.78 is 1.67. The van der Waals surface area contributed by atoms with E-state index in [9.17, 15) is 14.9 Å². The number of carbonyl (C=O) groups excluding carboxylic acids is 1.